The van der Waals surface area contributed by atoms with Crippen LogP contribution in [0.4, 0.5) is 0 Å². The number of nitrogens with one attached hydrogen (secondary N) is 3. The molecule has 2 fully saturated rings. The molecule has 0 saturated carbocycles. The molecule has 3 amide bonds. The minimum absolute atomic E-state index is 0.0520. The van der Waals surface area contributed by atoms with Crippen LogP contribution in [-0.2, 0) is 102 Å². The maximum atomic E-state index is 13.6. The van der Waals surface area contributed by atoms with E-state index in [4.69, 9.17) is 47.4 Å². The molecule has 2 heterocycles. The Bertz CT molecular complexity index is 1950. The van der Waals surface area contributed by atoms with Crippen molar-refractivity contribution >= 4 is 58.9 Å². The topological polar surface area (TPSA) is 299 Å². The summed E-state index contributed by atoms with van der Waals surface area (Å²) in [5.74, 6) is -6.76. The van der Waals surface area contributed by atoms with Gasteiger partial charge in [-0.3, -0.25) is 28.8 Å². The Morgan fingerprint density at radius 3 is 1.64 bits per heavy atom. The lowest BCUT2D eigenvalue weighted by molar-refractivity contribution is -0.337. The average Bonchev–Trinajstić information content (AvgIpc) is 3.29. The zero-order valence-electron chi connectivity index (χ0n) is 40.3. The molecule has 23 heteroatoms. The number of Topliss-reactive ketones (excluding diaryl/α,β-unsaturated/α-hetero) is 3. The molecule has 384 valence electrons. The number of carbonyl (C=O) groups is 10. The summed E-state index contributed by atoms with van der Waals surface area (Å²) in [6.45, 7) is 7.86. The van der Waals surface area contributed by atoms with Crippen LogP contribution in [0.2, 0.25) is 0 Å². The number of ketones is 3. The van der Waals surface area contributed by atoms with E-state index >= 15 is 0 Å². The van der Waals surface area contributed by atoms with Crippen molar-refractivity contribution in [3.63, 3.8) is 0 Å². The van der Waals surface area contributed by atoms with E-state index in [1.807, 2.05) is 18.2 Å². The predicted octanol–water partition coefficient (Wildman–Crippen LogP) is 0.620. The Kier molecular flexibility index (Phi) is 24.0. The van der Waals surface area contributed by atoms with Crippen molar-refractivity contribution in [2.24, 2.45) is 0 Å². The van der Waals surface area contributed by atoms with Crippen molar-refractivity contribution in [2.45, 2.75) is 167 Å². The van der Waals surface area contributed by atoms with Crippen LogP contribution in [0.25, 0.3) is 0 Å². The van der Waals surface area contributed by atoms with Gasteiger partial charge in [-0.2, -0.15) is 0 Å². The number of hydrogen-bond acceptors (Lipinski definition) is 20. The summed E-state index contributed by atoms with van der Waals surface area (Å²) in [6.07, 6.45) is -15.7. The van der Waals surface area contributed by atoms with Gasteiger partial charge >= 0.3 is 23.9 Å². The predicted molar refractivity (Wildman–Crippen MR) is 235 cm³/mol. The number of ether oxygens (including phenoxy) is 10. The van der Waals surface area contributed by atoms with Gasteiger partial charge in [0.05, 0.1) is 39.6 Å². The number of amides is 3. The first kappa shape index (κ1) is 57.6. The van der Waals surface area contributed by atoms with Gasteiger partial charge in [0.15, 0.2) is 24.8 Å². The Morgan fingerprint density at radius 2 is 1.12 bits per heavy atom. The average molecular weight is 980 g/mol. The quantitative estimate of drug-likeness (QED) is 0.0804. The summed E-state index contributed by atoms with van der Waals surface area (Å²) in [6, 6.07) is 5.02. The van der Waals surface area contributed by atoms with Crippen LogP contribution in [0.5, 0.6) is 0 Å². The first-order chi connectivity index (χ1) is 32.6. The first-order valence-electron chi connectivity index (χ1n) is 22.3. The molecule has 23 nitrogen and oxygen atoms in total. The molecule has 0 unspecified atom stereocenters. The second-order valence-corrected chi connectivity index (χ2v) is 16.6. The van der Waals surface area contributed by atoms with Crippen LogP contribution in [0, 0.1) is 0 Å². The fourth-order valence-corrected chi connectivity index (χ4v) is 7.17. The maximum absolute atomic E-state index is 13.6. The molecule has 12 atom stereocenters. The van der Waals surface area contributed by atoms with Gasteiger partial charge in [0, 0.05) is 40.2 Å². The van der Waals surface area contributed by atoms with Crippen LogP contribution >= 0.6 is 0 Å². The van der Waals surface area contributed by atoms with Crippen molar-refractivity contribution in [2.75, 3.05) is 27.4 Å². The largest absolute Gasteiger partial charge is 0.467 e. The molecule has 69 heavy (non-hydrogen) atoms. The molecule has 3 rings (SSSR count). The number of esters is 4. The van der Waals surface area contributed by atoms with Crippen LogP contribution < -0.4 is 16.0 Å². The van der Waals surface area contributed by atoms with Gasteiger partial charge in [-0.1, -0.05) is 30.3 Å². The second kappa shape index (κ2) is 28.7. The summed E-state index contributed by atoms with van der Waals surface area (Å²) < 4.78 is 59.8. The molecular weight excluding hydrogens is 915 g/mol. The molecule has 2 aliphatic heterocycles. The summed E-state index contributed by atoms with van der Waals surface area (Å²) in [4.78, 5) is 127. The molecule has 1 aromatic rings. The van der Waals surface area contributed by atoms with Gasteiger partial charge < -0.3 is 77.7 Å². The highest BCUT2D eigenvalue weighted by molar-refractivity contribution is 5.86. The number of methoxy groups -OCH3 is 2. The zero-order valence-corrected chi connectivity index (χ0v) is 40.3. The van der Waals surface area contributed by atoms with Crippen molar-refractivity contribution in [1.82, 2.24) is 16.0 Å². The van der Waals surface area contributed by atoms with E-state index in [1.165, 1.54) is 48.7 Å². The normalized spacial score (nSPS) is 25.1. The minimum atomic E-state index is -1.82. The highest BCUT2D eigenvalue weighted by Crippen LogP contribution is 2.34. The fourth-order valence-electron chi connectivity index (χ4n) is 7.17. The third-order valence-electron chi connectivity index (χ3n) is 10.6. The Balaban J connectivity index is 2.27. The van der Waals surface area contributed by atoms with Crippen molar-refractivity contribution in [1.29, 1.82) is 0 Å². The van der Waals surface area contributed by atoms with Crippen LogP contribution in [0.15, 0.2) is 30.3 Å². The summed E-state index contributed by atoms with van der Waals surface area (Å²) >= 11 is 0. The molecule has 0 spiro atoms. The van der Waals surface area contributed by atoms with Gasteiger partial charge in [-0.15, -0.1) is 0 Å². The minimum Gasteiger partial charge on any atom is -0.467 e. The maximum Gasteiger partial charge on any atom is 0.328 e. The second-order valence-electron chi connectivity index (χ2n) is 16.6. The van der Waals surface area contributed by atoms with E-state index in [9.17, 15) is 47.9 Å². The number of benzene rings is 1. The fraction of sp³-hybridized carbons (Fsp3) is 0.652. The molecule has 3 N–H and O–H groups in total. The molecule has 0 aliphatic carbocycles. The van der Waals surface area contributed by atoms with Crippen molar-refractivity contribution in [3.05, 3.63) is 35.9 Å². The summed E-state index contributed by atoms with van der Waals surface area (Å²) in [5, 5.41) is 7.84. The van der Waals surface area contributed by atoms with E-state index in [-0.39, 0.29) is 56.2 Å². The van der Waals surface area contributed by atoms with Gasteiger partial charge in [0.1, 0.15) is 72.6 Å². The van der Waals surface area contributed by atoms with Gasteiger partial charge in [-0.05, 0) is 40.2 Å². The zero-order chi connectivity index (χ0) is 51.4. The van der Waals surface area contributed by atoms with Crippen LogP contribution in [-0.4, -0.2) is 160 Å². The molecule has 2 aliphatic rings. The lowest BCUT2D eigenvalue weighted by Gasteiger charge is -2.50. The van der Waals surface area contributed by atoms with Crippen LogP contribution in [0.1, 0.15) is 92.6 Å². The lowest BCUT2D eigenvalue weighted by atomic mass is 9.93. The molecule has 0 radical (unpaired) electrons. The summed E-state index contributed by atoms with van der Waals surface area (Å²) in [5.41, 5.74) is 0.767. The highest BCUT2D eigenvalue weighted by Gasteiger charge is 2.56. The van der Waals surface area contributed by atoms with Crippen molar-refractivity contribution in [3.8, 4) is 0 Å². The van der Waals surface area contributed by atoms with Gasteiger partial charge in [0.2, 0.25) is 17.7 Å². The third-order valence-corrected chi connectivity index (χ3v) is 10.6. The smallest absolute Gasteiger partial charge is 0.328 e. The molecule has 0 bridgehead atoms. The van der Waals surface area contributed by atoms with E-state index in [2.05, 4.69) is 16.0 Å². The Labute approximate surface area is 399 Å². The molecule has 0 aromatic heterocycles. The first-order valence-corrected chi connectivity index (χ1v) is 22.3. The van der Waals surface area contributed by atoms with Crippen molar-refractivity contribution < 1.29 is 95.3 Å². The molecule has 1 aromatic carbocycles. The number of rotatable bonds is 27. The Morgan fingerprint density at radius 1 is 0.609 bits per heavy atom. The monoisotopic (exact) mass is 979 g/mol. The van der Waals surface area contributed by atoms with E-state index < -0.39 is 134 Å². The number of carbonyl (C=O) groups excluding carboxylic acids is 10. The van der Waals surface area contributed by atoms with Crippen LogP contribution in [0.3, 0.4) is 0 Å². The van der Waals surface area contributed by atoms with E-state index in [1.54, 1.807) is 12.1 Å². The SMILES string of the molecule is COC(=O)[C@H](C)NC(=O)[C@@H](C)O[C@@H]1[C@@H](NC(C)=O)[C@H](OC)O[C@H](COCc2ccccc2)[C@H]1O[C@@H]1O[C@H](COC(=O)CCC(C)=O)[C@@H](OC(=O)CCC(C)=O)[C@H](OC(=O)CCC(C)=O)[C@H]1NC(C)=O. The Hall–Kier alpha value is -5.72. The number of hydrogen-bond donors (Lipinski definition) is 3. The summed E-state index contributed by atoms with van der Waals surface area (Å²) in [7, 11) is 2.43. The van der Waals surface area contributed by atoms with Gasteiger partial charge in [0.25, 0.3) is 0 Å². The lowest BCUT2D eigenvalue weighted by Crippen LogP contribution is -2.70. The van der Waals surface area contributed by atoms with Gasteiger partial charge in [-0.25, -0.2) is 4.79 Å². The standard InChI is InChI=1S/C46H65N3O20/c1-24(50)15-18-34(55)63-23-33-39(67-35(56)19-16-25(2)51)42(68-36(57)20-17-26(3)52)38(49-30(7)54)46(66-33)69-40-32(22-62-21-31-13-11-10-12-14-31)65-45(61-9)37(48-29(6)53)41(40)64-28(5)43(58)47-27(4)44(59)60-8/h10-14,27-28,32-33,37-42,45-46H,15-23H2,1-9H3,(H,47,58)(H,48,53)(H,49,54)/t27-,28+,32+,33+,37+,38+,39+,40+,41+,42+,45+,46-/m0/s1. The molecule has 2 saturated heterocycles. The molecular formula is C46H65N3O20. The third kappa shape index (κ3) is 19.3. The highest BCUT2D eigenvalue weighted by atomic mass is 16.7. The van der Waals surface area contributed by atoms with E-state index in [0.717, 1.165) is 19.6 Å². The van der Waals surface area contributed by atoms with E-state index in [0.29, 0.717) is 0 Å².